The van der Waals surface area contributed by atoms with Crippen molar-refractivity contribution in [3.63, 3.8) is 0 Å². The summed E-state index contributed by atoms with van der Waals surface area (Å²) in [6.07, 6.45) is -6.26. The predicted molar refractivity (Wildman–Crippen MR) is 121 cm³/mol. The van der Waals surface area contributed by atoms with Crippen LogP contribution < -0.4 is 15.8 Å². The summed E-state index contributed by atoms with van der Waals surface area (Å²) in [4.78, 5) is 35.6. The van der Waals surface area contributed by atoms with Crippen LogP contribution in [0.3, 0.4) is 0 Å². The van der Waals surface area contributed by atoms with Gasteiger partial charge in [0.05, 0.1) is 24.1 Å². The number of alkyl halides is 6. The van der Waals surface area contributed by atoms with E-state index in [1.54, 1.807) is 21.8 Å². The number of carbonyl (C=O) groups excluding carboxylic acids is 1. The van der Waals surface area contributed by atoms with Gasteiger partial charge in [-0.25, -0.2) is 15.1 Å². The van der Waals surface area contributed by atoms with E-state index in [0.29, 0.717) is 38.9 Å². The zero-order chi connectivity index (χ0) is 27.7. The number of piperidine rings is 1. The number of hydrogen-bond acceptors (Lipinski definition) is 8. The molecular formula is C22H25F6N7O3. The van der Waals surface area contributed by atoms with Gasteiger partial charge in [0.1, 0.15) is 11.7 Å². The molecule has 16 heteroatoms. The van der Waals surface area contributed by atoms with Gasteiger partial charge in [0.25, 0.3) is 11.5 Å². The molecule has 0 spiro atoms. The summed E-state index contributed by atoms with van der Waals surface area (Å²) in [6.45, 7) is 2.83. The van der Waals surface area contributed by atoms with E-state index in [1.165, 1.54) is 0 Å². The Hall–Kier alpha value is -3.43. The van der Waals surface area contributed by atoms with Gasteiger partial charge < -0.3 is 19.9 Å². The molecule has 0 aromatic carbocycles. The predicted octanol–water partition coefficient (Wildman–Crippen LogP) is 2.68. The third-order valence-corrected chi connectivity index (χ3v) is 6.43. The van der Waals surface area contributed by atoms with Crippen molar-refractivity contribution in [1.82, 2.24) is 25.1 Å². The lowest BCUT2D eigenvalue weighted by Gasteiger charge is -2.36. The van der Waals surface area contributed by atoms with Gasteiger partial charge in [-0.05, 0) is 19.8 Å². The summed E-state index contributed by atoms with van der Waals surface area (Å²) < 4.78 is 83.5. The number of halogens is 6. The lowest BCUT2D eigenvalue weighted by Crippen LogP contribution is -2.47. The van der Waals surface area contributed by atoms with Gasteiger partial charge >= 0.3 is 12.4 Å². The lowest BCUT2D eigenvalue weighted by atomic mass is 10.0. The Kier molecular flexibility index (Phi) is 7.80. The highest BCUT2D eigenvalue weighted by Crippen LogP contribution is 2.32. The largest absolute Gasteiger partial charge is 0.423 e. The van der Waals surface area contributed by atoms with Gasteiger partial charge in [-0.3, -0.25) is 9.59 Å². The summed E-state index contributed by atoms with van der Waals surface area (Å²) in [5, 5.41) is 7.73. The standard InChI is InChI=1S/C22H25F6N7O3/c1-12(32-15-10-31-33-18(36)17(15)22(26,27)28)11-38-16-4-7-35(19(16)37)14-2-5-34(6-3-14)20-29-8-13(9-30-20)21(23,24)25/h8-10,12,14,16H,2-7,11H2,1H3,(H2,32,33,36)/t12?,16-/m0/s1. The molecule has 0 aliphatic carbocycles. The van der Waals surface area contributed by atoms with Crippen molar-refractivity contribution in [2.45, 2.75) is 56.7 Å². The Morgan fingerprint density at radius 1 is 1.03 bits per heavy atom. The van der Waals surface area contributed by atoms with Crippen molar-refractivity contribution in [2.24, 2.45) is 0 Å². The molecule has 2 aromatic heterocycles. The van der Waals surface area contributed by atoms with Crippen molar-refractivity contribution >= 4 is 17.5 Å². The first-order chi connectivity index (χ1) is 17.8. The molecule has 1 unspecified atom stereocenters. The second-order valence-corrected chi connectivity index (χ2v) is 9.16. The van der Waals surface area contributed by atoms with Gasteiger partial charge in [-0.2, -0.15) is 31.4 Å². The summed E-state index contributed by atoms with van der Waals surface area (Å²) in [7, 11) is 0. The van der Waals surface area contributed by atoms with E-state index >= 15 is 0 Å². The molecule has 208 valence electrons. The van der Waals surface area contributed by atoms with Gasteiger partial charge in [-0.1, -0.05) is 0 Å². The molecular weight excluding hydrogens is 524 g/mol. The zero-order valence-corrected chi connectivity index (χ0v) is 20.1. The highest BCUT2D eigenvalue weighted by molar-refractivity contribution is 5.83. The Morgan fingerprint density at radius 2 is 1.68 bits per heavy atom. The number of aromatic amines is 1. The number of likely N-dealkylation sites (tertiary alicyclic amines) is 1. The number of ether oxygens (including phenoxy) is 1. The summed E-state index contributed by atoms with van der Waals surface area (Å²) in [6, 6.07) is -0.748. The van der Waals surface area contributed by atoms with E-state index in [2.05, 4.69) is 20.4 Å². The van der Waals surface area contributed by atoms with E-state index in [4.69, 9.17) is 4.74 Å². The number of amides is 1. The van der Waals surface area contributed by atoms with Gasteiger partial charge in [0, 0.05) is 50.5 Å². The Bertz CT molecular complexity index is 1180. The monoisotopic (exact) mass is 549 g/mol. The fourth-order valence-corrected chi connectivity index (χ4v) is 4.56. The fourth-order valence-electron chi connectivity index (χ4n) is 4.56. The SMILES string of the molecule is CC(CO[C@H]1CCN(C2CCN(c3ncc(C(F)(F)F)cn3)CC2)C1=O)Nc1cn[nH]c(=O)c1C(F)(F)F. The number of hydrogen-bond donors (Lipinski definition) is 2. The first-order valence-corrected chi connectivity index (χ1v) is 11.8. The first kappa shape index (κ1) is 27.6. The van der Waals surface area contributed by atoms with Crippen LogP contribution in [0.15, 0.2) is 23.4 Å². The number of carbonyl (C=O) groups is 1. The molecule has 2 saturated heterocycles. The second kappa shape index (κ2) is 10.7. The van der Waals surface area contributed by atoms with E-state index in [1.807, 2.05) is 0 Å². The molecule has 2 fully saturated rings. The van der Waals surface area contributed by atoms with Crippen molar-refractivity contribution in [2.75, 3.05) is 36.5 Å². The number of rotatable bonds is 7. The van der Waals surface area contributed by atoms with Gasteiger partial charge in [-0.15, -0.1) is 0 Å². The van der Waals surface area contributed by atoms with Crippen LogP contribution in [0.2, 0.25) is 0 Å². The van der Waals surface area contributed by atoms with E-state index in [-0.39, 0.29) is 24.5 Å². The molecule has 2 atom stereocenters. The number of aromatic nitrogens is 4. The molecule has 0 bridgehead atoms. The van der Waals surface area contributed by atoms with Crippen LogP contribution in [0.25, 0.3) is 0 Å². The minimum absolute atomic E-state index is 0.0853. The Labute approximate surface area is 212 Å². The molecule has 2 aromatic rings. The molecule has 0 radical (unpaired) electrons. The van der Waals surface area contributed by atoms with Crippen LogP contribution in [-0.2, 0) is 21.9 Å². The van der Waals surface area contributed by atoms with E-state index in [9.17, 15) is 35.9 Å². The van der Waals surface area contributed by atoms with Gasteiger partial charge in [0.15, 0.2) is 0 Å². The van der Waals surface area contributed by atoms with Crippen molar-refractivity contribution in [3.05, 3.63) is 40.1 Å². The maximum Gasteiger partial charge on any atom is 0.423 e. The Balaban J connectivity index is 1.27. The highest BCUT2D eigenvalue weighted by atomic mass is 19.4. The van der Waals surface area contributed by atoms with Crippen LogP contribution in [0.4, 0.5) is 38.0 Å². The number of nitrogens with one attached hydrogen (secondary N) is 2. The third-order valence-electron chi connectivity index (χ3n) is 6.43. The molecule has 4 heterocycles. The lowest BCUT2D eigenvalue weighted by molar-refractivity contribution is -0.139. The smallest absolute Gasteiger partial charge is 0.378 e. The summed E-state index contributed by atoms with van der Waals surface area (Å²) in [5.74, 6) is -0.0357. The molecule has 10 nitrogen and oxygen atoms in total. The van der Waals surface area contributed by atoms with Crippen LogP contribution >= 0.6 is 0 Å². The summed E-state index contributed by atoms with van der Waals surface area (Å²) >= 11 is 0. The topological polar surface area (TPSA) is 116 Å². The zero-order valence-electron chi connectivity index (χ0n) is 20.1. The molecule has 4 rings (SSSR count). The van der Waals surface area contributed by atoms with Crippen LogP contribution in [-0.4, -0.2) is 75.4 Å². The van der Waals surface area contributed by atoms with Crippen molar-refractivity contribution < 1.29 is 35.9 Å². The van der Waals surface area contributed by atoms with Crippen molar-refractivity contribution in [1.29, 1.82) is 0 Å². The van der Waals surface area contributed by atoms with E-state index in [0.717, 1.165) is 18.6 Å². The molecule has 1 amide bonds. The van der Waals surface area contributed by atoms with Crippen LogP contribution in [0.5, 0.6) is 0 Å². The van der Waals surface area contributed by atoms with Gasteiger partial charge in [0.2, 0.25) is 5.95 Å². The maximum absolute atomic E-state index is 13.2. The minimum atomic E-state index is -4.88. The molecule has 38 heavy (non-hydrogen) atoms. The molecule has 2 N–H and O–H groups in total. The quantitative estimate of drug-likeness (QED) is 0.507. The van der Waals surface area contributed by atoms with E-state index < -0.39 is 46.9 Å². The average molecular weight is 549 g/mol. The highest BCUT2D eigenvalue weighted by Gasteiger charge is 2.40. The number of nitrogens with zero attached hydrogens (tertiary/aromatic N) is 5. The fraction of sp³-hybridized carbons (Fsp3) is 0.591. The molecule has 0 saturated carbocycles. The summed E-state index contributed by atoms with van der Waals surface area (Å²) in [5.41, 5.74) is -4.17. The van der Waals surface area contributed by atoms with Crippen LogP contribution in [0, 0.1) is 0 Å². The number of H-pyrrole nitrogens is 1. The first-order valence-electron chi connectivity index (χ1n) is 11.8. The van der Waals surface area contributed by atoms with Crippen molar-refractivity contribution in [3.8, 4) is 0 Å². The maximum atomic E-state index is 13.2. The molecule has 2 aliphatic rings. The normalized spacial score (nSPS) is 20.2. The second-order valence-electron chi connectivity index (χ2n) is 9.16. The third kappa shape index (κ3) is 6.16. The minimum Gasteiger partial charge on any atom is -0.378 e. The molecule has 2 aliphatic heterocycles. The number of anilines is 2. The Morgan fingerprint density at radius 3 is 2.29 bits per heavy atom. The van der Waals surface area contributed by atoms with Crippen LogP contribution in [0.1, 0.15) is 37.3 Å². The average Bonchev–Trinajstić information content (AvgIpc) is 3.21.